The fourth-order valence-corrected chi connectivity index (χ4v) is 2.80. The molecule has 1 aromatic carbocycles. The molecule has 4 nitrogen and oxygen atoms in total. The number of rotatable bonds is 3. The Bertz CT molecular complexity index is 519. The van der Waals surface area contributed by atoms with E-state index < -0.39 is 0 Å². The van der Waals surface area contributed by atoms with Gasteiger partial charge in [-0.05, 0) is 48.9 Å². The molecule has 1 unspecified atom stereocenters. The summed E-state index contributed by atoms with van der Waals surface area (Å²) in [6, 6.07) is 5.64. The van der Waals surface area contributed by atoms with Crippen LogP contribution in [0.15, 0.2) is 18.2 Å². The number of amides is 1. The number of nitrogens with one attached hydrogen (secondary N) is 1. The zero-order valence-electron chi connectivity index (χ0n) is 13.6. The third-order valence-corrected chi connectivity index (χ3v) is 4.43. The van der Waals surface area contributed by atoms with E-state index in [0.717, 1.165) is 24.3 Å². The molecule has 1 atom stereocenters. The zero-order valence-corrected chi connectivity index (χ0v) is 13.6. The molecule has 21 heavy (non-hydrogen) atoms. The van der Waals surface area contributed by atoms with Gasteiger partial charge in [-0.1, -0.05) is 26.8 Å². The molecule has 1 aliphatic heterocycles. The molecule has 0 radical (unpaired) electrons. The molecule has 0 saturated carbocycles. The van der Waals surface area contributed by atoms with Gasteiger partial charge in [0.15, 0.2) is 0 Å². The molecule has 1 amide bonds. The summed E-state index contributed by atoms with van der Waals surface area (Å²) >= 11 is 0. The molecular weight excluding hydrogens is 262 g/mol. The van der Waals surface area contributed by atoms with Gasteiger partial charge in [0.1, 0.15) is 0 Å². The van der Waals surface area contributed by atoms with Gasteiger partial charge in [0.05, 0.1) is 6.54 Å². The summed E-state index contributed by atoms with van der Waals surface area (Å²) in [4.78, 5) is 14.4. The Hall–Kier alpha value is -1.55. The first kappa shape index (κ1) is 15.8. The number of nitrogens with zero attached hydrogens (tertiary/aromatic N) is 1. The molecule has 1 aromatic rings. The van der Waals surface area contributed by atoms with Crippen LogP contribution >= 0.6 is 0 Å². The maximum absolute atomic E-state index is 12.1. The summed E-state index contributed by atoms with van der Waals surface area (Å²) in [5.74, 6) is 0.702. The molecule has 116 valence electrons. The van der Waals surface area contributed by atoms with Gasteiger partial charge >= 0.3 is 0 Å². The Morgan fingerprint density at radius 2 is 2.14 bits per heavy atom. The number of benzene rings is 1. The number of hydrogen-bond donors (Lipinski definition) is 2. The van der Waals surface area contributed by atoms with Crippen molar-refractivity contribution >= 4 is 17.3 Å². The monoisotopic (exact) mass is 289 g/mol. The average Bonchev–Trinajstić information content (AvgIpc) is 2.82. The van der Waals surface area contributed by atoms with Crippen LogP contribution in [0, 0.1) is 18.3 Å². The van der Waals surface area contributed by atoms with Crippen molar-refractivity contribution in [3.63, 3.8) is 0 Å². The average molecular weight is 289 g/mol. The number of nitrogens with two attached hydrogens (primary N) is 1. The highest BCUT2D eigenvalue weighted by molar-refractivity contribution is 5.92. The van der Waals surface area contributed by atoms with Crippen LogP contribution in [0.3, 0.4) is 0 Å². The van der Waals surface area contributed by atoms with Gasteiger partial charge in [-0.25, -0.2) is 0 Å². The van der Waals surface area contributed by atoms with E-state index in [-0.39, 0.29) is 5.91 Å². The van der Waals surface area contributed by atoms with Crippen LogP contribution in [-0.2, 0) is 4.79 Å². The lowest BCUT2D eigenvalue weighted by Gasteiger charge is -2.27. The highest BCUT2D eigenvalue weighted by atomic mass is 16.2. The molecule has 1 aliphatic rings. The van der Waals surface area contributed by atoms with Gasteiger partial charge in [-0.15, -0.1) is 0 Å². The van der Waals surface area contributed by atoms with Crippen molar-refractivity contribution in [2.75, 3.05) is 30.7 Å². The minimum Gasteiger partial charge on any atom is -0.398 e. The number of carbonyl (C=O) groups is 1. The molecule has 1 fully saturated rings. The number of hydrogen-bond acceptors (Lipinski definition) is 3. The lowest BCUT2D eigenvalue weighted by Crippen LogP contribution is -2.33. The summed E-state index contributed by atoms with van der Waals surface area (Å²) < 4.78 is 0. The molecule has 3 N–H and O–H groups in total. The first-order valence-corrected chi connectivity index (χ1v) is 7.64. The van der Waals surface area contributed by atoms with Crippen molar-refractivity contribution in [1.29, 1.82) is 0 Å². The Labute approximate surface area is 127 Å². The molecule has 1 saturated heterocycles. The van der Waals surface area contributed by atoms with E-state index in [9.17, 15) is 4.79 Å². The third-order valence-electron chi connectivity index (χ3n) is 4.43. The Kier molecular flexibility index (Phi) is 4.57. The highest BCUT2D eigenvalue weighted by Crippen LogP contribution is 2.33. The quantitative estimate of drug-likeness (QED) is 0.841. The van der Waals surface area contributed by atoms with Crippen molar-refractivity contribution in [3.05, 3.63) is 23.8 Å². The smallest absolute Gasteiger partial charge is 0.238 e. The first-order chi connectivity index (χ1) is 9.75. The van der Waals surface area contributed by atoms with Crippen LogP contribution < -0.4 is 11.1 Å². The molecule has 0 spiro atoms. The predicted octanol–water partition coefficient (Wildman–Crippen LogP) is 2.88. The van der Waals surface area contributed by atoms with E-state index in [1.165, 1.54) is 6.42 Å². The maximum Gasteiger partial charge on any atom is 0.238 e. The van der Waals surface area contributed by atoms with Gasteiger partial charge in [0.25, 0.3) is 0 Å². The summed E-state index contributed by atoms with van der Waals surface area (Å²) in [5.41, 5.74) is 8.69. The predicted molar refractivity (Wildman–Crippen MR) is 88.2 cm³/mol. The van der Waals surface area contributed by atoms with Crippen LogP contribution in [-0.4, -0.2) is 30.4 Å². The minimum atomic E-state index is 0.0350. The molecule has 2 rings (SSSR count). The topological polar surface area (TPSA) is 58.4 Å². The minimum absolute atomic E-state index is 0.0350. The van der Waals surface area contributed by atoms with Crippen LogP contribution in [0.1, 0.15) is 32.8 Å². The Morgan fingerprint density at radius 3 is 2.71 bits per heavy atom. The lowest BCUT2D eigenvalue weighted by atomic mass is 9.80. The standard InChI is InChI=1S/C17H27N3O/c1-12-5-6-14(9-15(12)18)19-16(21)11-20-8-7-13(10-20)17(2,3)4/h5-6,9,13H,7-8,10-11,18H2,1-4H3,(H,19,21). The van der Waals surface area contributed by atoms with E-state index in [4.69, 9.17) is 5.73 Å². The van der Waals surface area contributed by atoms with E-state index in [0.29, 0.717) is 23.6 Å². The van der Waals surface area contributed by atoms with Crippen molar-refractivity contribution in [3.8, 4) is 0 Å². The second-order valence-electron chi connectivity index (χ2n) is 7.21. The fraction of sp³-hybridized carbons (Fsp3) is 0.588. The number of carbonyl (C=O) groups excluding carboxylic acids is 1. The summed E-state index contributed by atoms with van der Waals surface area (Å²) in [6.07, 6.45) is 1.17. The Morgan fingerprint density at radius 1 is 1.43 bits per heavy atom. The fourth-order valence-electron chi connectivity index (χ4n) is 2.80. The van der Waals surface area contributed by atoms with Crippen LogP contribution in [0.5, 0.6) is 0 Å². The van der Waals surface area contributed by atoms with Gasteiger partial charge in [0.2, 0.25) is 5.91 Å². The van der Waals surface area contributed by atoms with Gasteiger partial charge in [-0.2, -0.15) is 0 Å². The molecule has 4 heteroatoms. The third kappa shape index (κ3) is 4.21. The van der Waals surface area contributed by atoms with E-state index in [1.54, 1.807) is 0 Å². The first-order valence-electron chi connectivity index (χ1n) is 7.64. The second kappa shape index (κ2) is 6.06. The summed E-state index contributed by atoms with van der Waals surface area (Å²) in [5, 5.41) is 2.93. The molecule has 0 bridgehead atoms. The van der Waals surface area contributed by atoms with Crippen LogP contribution in [0.25, 0.3) is 0 Å². The maximum atomic E-state index is 12.1. The van der Waals surface area contributed by atoms with Gasteiger partial charge in [-0.3, -0.25) is 9.69 Å². The SMILES string of the molecule is Cc1ccc(NC(=O)CN2CCC(C(C)(C)C)C2)cc1N. The van der Waals surface area contributed by atoms with E-state index >= 15 is 0 Å². The molecule has 1 heterocycles. The van der Waals surface area contributed by atoms with Crippen molar-refractivity contribution < 1.29 is 4.79 Å². The van der Waals surface area contributed by atoms with Crippen LogP contribution in [0.2, 0.25) is 0 Å². The number of likely N-dealkylation sites (tertiary alicyclic amines) is 1. The largest absolute Gasteiger partial charge is 0.398 e. The van der Waals surface area contributed by atoms with Crippen LogP contribution in [0.4, 0.5) is 11.4 Å². The number of aryl methyl sites for hydroxylation is 1. The Balaban J connectivity index is 1.87. The highest BCUT2D eigenvalue weighted by Gasteiger charge is 2.32. The van der Waals surface area contributed by atoms with Gasteiger partial charge < -0.3 is 11.1 Å². The normalized spacial score (nSPS) is 19.7. The van der Waals surface area contributed by atoms with Crippen molar-refractivity contribution in [2.45, 2.75) is 34.1 Å². The van der Waals surface area contributed by atoms with Gasteiger partial charge in [0, 0.05) is 17.9 Å². The summed E-state index contributed by atoms with van der Waals surface area (Å²) in [7, 11) is 0. The molecule has 0 aliphatic carbocycles. The molecular formula is C17H27N3O. The van der Waals surface area contributed by atoms with Crippen molar-refractivity contribution in [1.82, 2.24) is 4.90 Å². The van der Waals surface area contributed by atoms with E-state index in [1.807, 2.05) is 25.1 Å². The lowest BCUT2D eigenvalue weighted by molar-refractivity contribution is -0.117. The number of nitrogen functional groups attached to an aromatic ring is 1. The number of anilines is 2. The van der Waals surface area contributed by atoms with Crippen molar-refractivity contribution in [2.24, 2.45) is 11.3 Å². The zero-order chi connectivity index (χ0) is 15.6. The second-order valence-corrected chi connectivity index (χ2v) is 7.21. The molecule has 0 aromatic heterocycles. The van der Waals surface area contributed by atoms with E-state index in [2.05, 4.69) is 31.0 Å². The summed E-state index contributed by atoms with van der Waals surface area (Å²) in [6.45, 7) is 11.2.